The standard InChI is InChI=1S/C28H20Cl2FN3O3S2/c1-14-3-4-15(2)19(11-14)24(35)22-23(17-7-10-20(29)21(30)12-17)34(26(37)25(22)36)27-32-33-28(39-27)38-13-16-5-8-18(31)9-6-16/h3-12,23,35H,13H2,1-2H3/b24-22+. The van der Waals surface area contributed by atoms with Crippen LogP contribution < -0.4 is 4.90 Å². The van der Waals surface area contributed by atoms with Crippen LogP contribution in [0.2, 0.25) is 10.0 Å². The van der Waals surface area contributed by atoms with Gasteiger partial charge in [0.2, 0.25) is 5.13 Å². The molecule has 1 aromatic heterocycles. The Labute approximate surface area is 242 Å². The van der Waals surface area contributed by atoms with Crippen LogP contribution in [0.1, 0.15) is 33.9 Å². The van der Waals surface area contributed by atoms with Gasteiger partial charge in [-0.25, -0.2) is 4.39 Å². The summed E-state index contributed by atoms with van der Waals surface area (Å²) in [6, 6.07) is 15.4. The lowest BCUT2D eigenvalue weighted by Gasteiger charge is -2.23. The number of anilines is 1. The van der Waals surface area contributed by atoms with Crippen molar-refractivity contribution in [1.29, 1.82) is 0 Å². The summed E-state index contributed by atoms with van der Waals surface area (Å²) < 4.78 is 13.8. The highest BCUT2D eigenvalue weighted by atomic mass is 35.5. The maximum atomic E-state index is 13.4. The first-order valence-electron chi connectivity index (χ1n) is 11.7. The molecule has 1 unspecified atom stereocenters. The predicted molar refractivity (Wildman–Crippen MR) is 153 cm³/mol. The number of benzene rings is 3. The average molecular weight is 601 g/mol. The molecular formula is C28H20Cl2FN3O3S2. The van der Waals surface area contributed by atoms with Crippen LogP contribution in [0, 0.1) is 19.7 Å². The topological polar surface area (TPSA) is 83.4 Å². The molecule has 1 amide bonds. The smallest absolute Gasteiger partial charge is 0.301 e. The third-order valence-electron chi connectivity index (χ3n) is 6.23. The summed E-state index contributed by atoms with van der Waals surface area (Å²) in [5, 5.41) is 20.6. The molecule has 1 atom stereocenters. The maximum absolute atomic E-state index is 13.4. The third-order valence-corrected chi connectivity index (χ3v) is 9.10. The van der Waals surface area contributed by atoms with Crippen molar-refractivity contribution in [2.75, 3.05) is 4.90 Å². The second-order valence-corrected chi connectivity index (χ2v) is 11.9. The van der Waals surface area contributed by atoms with Crippen LogP contribution in [0.5, 0.6) is 0 Å². The summed E-state index contributed by atoms with van der Waals surface area (Å²) >= 11 is 15.0. The van der Waals surface area contributed by atoms with Gasteiger partial charge in [-0.05, 0) is 60.9 Å². The van der Waals surface area contributed by atoms with Crippen molar-refractivity contribution >= 4 is 68.9 Å². The molecule has 0 spiro atoms. The van der Waals surface area contributed by atoms with Crippen molar-refractivity contribution in [3.8, 4) is 0 Å². The number of hydrogen-bond acceptors (Lipinski definition) is 7. The van der Waals surface area contributed by atoms with E-state index in [4.69, 9.17) is 23.2 Å². The Morgan fingerprint density at radius 1 is 1.03 bits per heavy atom. The number of amides is 1. The van der Waals surface area contributed by atoms with Gasteiger partial charge in [-0.1, -0.05) is 82.2 Å². The van der Waals surface area contributed by atoms with Crippen molar-refractivity contribution < 1.29 is 19.1 Å². The number of aryl methyl sites for hydroxylation is 2. The molecule has 0 bridgehead atoms. The number of aromatic nitrogens is 2. The number of Topliss-reactive ketones (excluding diaryl/α,β-unsaturated/α-hetero) is 1. The number of aliphatic hydroxyl groups is 1. The van der Waals surface area contributed by atoms with E-state index in [0.717, 1.165) is 28.0 Å². The number of nitrogens with zero attached hydrogens (tertiary/aromatic N) is 3. The molecule has 2 heterocycles. The molecule has 6 nitrogen and oxygen atoms in total. The SMILES string of the molecule is Cc1ccc(C)c(/C(O)=C2\C(=O)C(=O)N(c3nnc(SCc4ccc(F)cc4)s3)C2c2ccc(Cl)c(Cl)c2)c1. The van der Waals surface area contributed by atoms with Gasteiger partial charge in [0.05, 0.1) is 21.7 Å². The molecule has 1 saturated heterocycles. The number of halogens is 3. The molecule has 39 heavy (non-hydrogen) atoms. The van der Waals surface area contributed by atoms with E-state index in [0.29, 0.717) is 26.2 Å². The zero-order valence-electron chi connectivity index (χ0n) is 20.6. The monoisotopic (exact) mass is 599 g/mol. The first-order chi connectivity index (χ1) is 18.6. The minimum absolute atomic E-state index is 0.0807. The van der Waals surface area contributed by atoms with Crippen LogP contribution in [-0.4, -0.2) is 27.0 Å². The molecule has 0 radical (unpaired) electrons. The van der Waals surface area contributed by atoms with E-state index in [1.807, 2.05) is 26.0 Å². The lowest BCUT2D eigenvalue weighted by Crippen LogP contribution is -2.29. The van der Waals surface area contributed by atoms with E-state index in [9.17, 15) is 19.1 Å². The number of carbonyl (C=O) groups is 2. The van der Waals surface area contributed by atoms with Gasteiger partial charge < -0.3 is 5.11 Å². The molecule has 1 aliphatic rings. The Morgan fingerprint density at radius 3 is 2.49 bits per heavy atom. The zero-order valence-corrected chi connectivity index (χ0v) is 23.8. The van der Waals surface area contributed by atoms with Crippen molar-refractivity contribution in [2.45, 2.75) is 30.0 Å². The van der Waals surface area contributed by atoms with Gasteiger partial charge in [0, 0.05) is 11.3 Å². The van der Waals surface area contributed by atoms with Crippen LogP contribution in [0.25, 0.3) is 5.76 Å². The van der Waals surface area contributed by atoms with Gasteiger partial charge in [0.15, 0.2) is 4.34 Å². The summed E-state index contributed by atoms with van der Waals surface area (Å²) in [4.78, 5) is 28.1. The number of rotatable bonds is 6. The summed E-state index contributed by atoms with van der Waals surface area (Å²) in [5.41, 5.74) is 3.37. The maximum Gasteiger partial charge on any atom is 0.301 e. The lowest BCUT2D eigenvalue weighted by molar-refractivity contribution is -0.132. The van der Waals surface area contributed by atoms with E-state index in [1.165, 1.54) is 28.8 Å². The quantitative estimate of drug-likeness (QED) is 0.0811. The number of aliphatic hydroxyl groups excluding tert-OH is 1. The predicted octanol–water partition coefficient (Wildman–Crippen LogP) is 7.52. The van der Waals surface area contributed by atoms with Gasteiger partial charge >= 0.3 is 5.91 Å². The second-order valence-electron chi connectivity index (χ2n) is 8.93. The fraction of sp³-hybridized carbons (Fsp3) is 0.143. The van der Waals surface area contributed by atoms with Crippen molar-refractivity contribution in [3.05, 3.63) is 110 Å². The van der Waals surface area contributed by atoms with Gasteiger partial charge in [-0.2, -0.15) is 0 Å². The Bertz CT molecular complexity index is 1640. The van der Waals surface area contributed by atoms with Crippen molar-refractivity contribution in [1.82, 2.24) is 10.2 Å². The van der Waals surface area contributed by atoms with Crippen LogP contribution in [0.3, 0.4) is 0 Å². The van der Waals surface area contributed by atoms with E-state index in [2.05, 4.69) is 10.2 Å². The number of ketones is 1. The Morgan fingerprint density at radius 2 is 1.77 bits per heavy atom. The van der Waals surface area contributed by atoms with Crippen molar-refractivity contribution in [2.24, 2.45) is 0 Å². The van der Waals surface area contributed by atoms with Crippen LogP contribution in [0.15, 0.2) is 70.6 Å². The minimum atomic E-state index is -1.01. The fourth-order valence-corrected chi connectivity index (χ4v) is 6.38. The van der Waals surface area contributed by atoms with E-state index >= 15 is 0 Å². The van der Waals surface area contributed by atoms with Gasteiger partial charge in [0.25, 0.3) is 5.78 Å². The summed E-state index contributed by atoms with van der Waals surface area (Å²) in [5.74, 6) is -1.79. The molecule has 1 N–H and O–H groups in total. The highest BCUT2D eigenvalue weighted by Gasteiger charge is 2.48. The molecule has 0 saturated carbocycles. The van der Waals surface area contributed by atoms with E-state index < -0.39 is 17.7 Å². The largest absolute Gasteiger partial charge is 0.507 e. The van der Waals surface area contributed by atoms with E-state index in [-0.39, 0.29) is 27.3 Å². The zero-order chi connectivity index (χ0) is 27.8. The molecule has 0 aliphatic carbocycles. The number of carbonyl (C=O) groups excluding carboxylic acids is 2. The summed E-state index contributed by atoms with van der Waals surface area (Å²) in [7, 11) is 0. The number of hydrogen-bond donors (Lipinski definition) is 1. The molecule has 5 rings (SSSR count). The van der Waals surface area contributed by atoms with Crippen LogP contribution >= 0.6 is 46.3 Å². The molecule has 11 heteroatoms. The Kier molecular flexibility index (Phi) is 7.77. The van der Waals surface area contributed by atoms with Crippen LogP contribution in [0.4, 0.5) is 9.52 Å². The van der Waals surface area contributed by atoms with Gasteiger partial charge in [0.1, 0.15) is 11.6 Å². The molecule has 1 fully saturated rings. The first-order valence-corrected chi connectivity index (χ1v) is 14.2. The fourth-order valence-electron chi connectivity index (χ4n) is 4.25. The van der Waals surface area contributed by atoms with Crippen LogP contribution in [-0.2, 0) is 15.3 Å². The number of thioether (sulfide) groups is 1. The summed E-state index contributed by atoms with van der Waals surface area (Å²) in [6.07, 6.45) is 0. The second kappa shape index (κ2) is 11.1. The van der Waals surface area contributed by atoms with Gasteiger partial charge in [-0.15, -0.1) is 10.2 Å². The average Bonchev–Trinajstić information content (AvgIpc) is 3.48. The molecule has 3 aromatic carbocycles. The summed E-state index contributed by atoms with van der Waals surface area (Å²) in [6.45, 7) is 3.69. The third kappa shape index (κ3) is 5.45. The highest BCUT2D eigenvalue weighted by Crippen LogP contribution is 2.45. The lowest BCUT2D eigenvalue weighted by atomic mass is 9.93. The van der Waals surface area contributed by atoms with E-state index in [1.54, 1.807) is 36.4 Å². The Hall–Kier alpha value is -3.24. The molecule has 4 aromatic rings. The molecule has 1 aliphatic heterocycles. The molecule has 198 valence electrons. The first kappa shape index (κ1) is 27.3. The van der Waals surface area contributed by atoms with Gasteiger partial charge in [-0.3, -0.25) is 14.5 Å². The normalized spacial score (nSPS) is 16.7. The Balaban J connectivity index is 1.58. The highest BCUT2D eigenvalue weighted by molar-refractivity contribution is 8.00. The molecular weight excluding hydrogens is 580 g/mol. The minimum Gasteiger partial charge on any atom is -0.507 e. The van der Waals surface area contributed by atoms with Crippen molar-refractivity contribution in [3.63, 3.8) is 0 Å².